The quantitative estimate of drug-likeness (QED) is 0.483. The SMILES string of the molecule is COC(=O)c1ccc2[nH]ccc2n1.O=C(O)c1ccc2[nH]ccc2n1. The predicted octanol–water partition coefficient (Wildman–Crippen LogP) is 2.61. The zero-order valence-corrected chi connectivity index (χ0v) is 13.2. The normalized spacial score (nSPS) is 10.3. The van der Waals surface area contributed by atoms with E-state index in [0.29, 0.717) is 11.2 Å². The van der Waals surface area contributed by atoms with Crippen LogP contribution in [0.15, 0.2) is 48.8 Å². The molecule has 0 aromatic carbocycles. The third-order valence-electron chi connectivity index (χ3n) is 3.42. The maximum absolute atomic E-state index is 11.1. The third-order valence-corrected chi connectivity index (χ3v) is 3.42. The Balaban J connectivity index is 0.000000146. The summed E-state index contributed by atoms with van der Waals surface area (Å²) in [5.74, 6) is -1.42. The maximum Gasteiger partial charge on any atom is 0.356 e. The smallest absolute Gasteiger partial charge is 0.356 e. The van der Waals surface area contributed by atoms with Crippen LogP contribution in [0.4, 0.5) is 0 Å². The first kappa shape index (κ1) is 16.2. The second-order valence-corrected chi connectivity index (χ2v) is 5.01. The topological polar surface area (TPSA) is 121 Å². The molecule has 0 atom stereocenters. The van der Waals surface area contributed by atoms with Crippen LogP contribution in [-0.4, -0.2) is 44.1 Å². The average Bonchev–Trinajstić information content (AvgIpc) is 3.28. The molecule has 0 unspecified atom stereocenters. The van der Waals surface area contributed by atoms with Crippen LogP contribution < -0.4 is 0 Å². The van der Waals surface area contributed by atoms with Crippen molar-refractivity contribution in [3.63, 3.8) is 0 Å². The van der Waals surface area contributed by atoms with Crippen molar-refractivity contribution in [2.24, 2.45) is 0 Å². The Morgan fingerprint density at radius 1 is 0.880 bits per heavy atom. The molecular formula is C17H14N4O4. The van der Waals surface area contributed by atoms with Crippen LogP contribution >= 0.6 is 0 Å². The number of carboxylic acid groups (broad SMARTS) is 1. The summed E-state index contributed by atoms with van der Waals surface area (Å²) >= 11 is 0. The minimum atomic E-state index is -1.00. The van der Waals surface area contributed by atoms with E-state index >= 15 is 0 Å². The van der Waals surface area contributed by atoms with Gasteiger partial charge in [-0.3, -0.25) is 0 Å². The van der Waals surface area contributed by atoms with Crippen LogP contribution in [0.25, 0.3) is 22.1 Å². The molecule has 8 heteroatoms. The zero-order valence-electron chi connectivity index (χ0n) is 13.2. The summed E-state index contributed by atoms with van der Waals surface area (Å²) in [6.07, 6.45) is 3.50. The Bertz CT molecular complexity index is 1050. The third kappa shape index (κ3) is 3.47. The van der Waals surface area contributed by atoms with Gasteiger partial charge in [-0.15, -0.1) is 0 Å². The Kier molecular flexibility index (Phi) is 4.42. The van der Waals surface area contributed by atoms with Crippen LogP contribution in [0.5, 0.6) is 0 Å². The molecule has 0 saturated heterocycles. The van der Waals surface area contributed by atoms with E-state index in [1.807, 2.05) is 6.07 Å². The molecule has 0 spiro atoms. The molecule has 0 amide bonds. The first-order valence-electron chi connectivity index (χ1n) is 7.28. The number of hydrogen-bond donors (Lipinski definition) is 3. The molecule has 3 N–H and O–H groups in total. The van der Waals surface area contributed by atoms with Crippen LogP contribution in [0.3, 0.4) is 0 Å². The number of pyridine rings is 2. The van der Waals surface area contributed by atoms with Gasteiger partial charge < -0.3 is 19.8 Å². The fraction of sp³-hybridized carbons (Fsp3) is 0.0588. The highest BCUT2D eigenvalue weighted by Gasteiger charge is 2.07. The van der Waals surface area contributed by atoms with Crippen molar-refractivity contribution in [3.8, 4) is 0 Å². The number of methoxy groups -OCH3 is 1. The second kappa shape index (κ2) is 6.83. The van der Waals surface area contributed by atoms with Crippen LogP contribution in [-0.2, 0) is 4.74 Å². The molecule has 4 rings (SSSR count). The van der Waals surface area contributed by atoms with E-state index in [2.05, 4.69) is 24.7 Å². The lowest BCUT2D eigenvalue weighted by atomic mass is 10.3. The molecule has 0 aliphatic carbocycles. The number of fused-ring (bicyclic) bond motifs is 2. The minimum absolute atomic E-state index is 0.0714. The van der Waals surface area contributed by atoms with Crippen molar-refractivity contribution in [3.05, 3.63) is 60.2 Å². The summed E-state index contributed by atoms with van der Waals surface area (Å²) in [4.78, 5) is 35.5. The Morgan fingerprint density at radius 3 is 1.92 bits per heavy atom. The van der Waals surface area contributed by atoms with Gasteiger partial charge in [0.05, 0.1) is 29.2 Å². The van der Waals surface area contributed by atoms with Crippen molar-refractivity contribution in [1.82, 2.24) is 19.9 Å². The largest absolute Gasteiger partial charge is 0.477 e. The summed E-state index contributed by atoms with van der Waals surface area (Å²) in [6.45, 7) is 0. The van der Waals surface area contributed by atoms with Gasteiger partial charge >= 0.3 is 11.9 Å². The van der Waals surface area contributed by atoms with Crippen LogP contribution in [0.2, 0.25) is 0 Å². The summed E-state index contributed by atoms with van der Waals surface area (Å²) in [5, 5.41) is 8.61. The fourth-order valence-electron chi connectivity index (χ4n) is 2.21. The summed E-state index contributed by atoms with van der Waals surface area (Å²) in [5.41, 5.74) is 3.60. The lowest BCUT2D eigenvalue weighted by Crippen LogP contribution is -2.03. The molecular weight excluding hydrogens is 324 g/mol. The number of hydrogen-bond acceptors (Lipinski definition) is 5. The van der Waals surface area contributed by atoms with E-state index in [0.717, 1.165) is 16.6 Å². The van der Waals surface area contributed by atoms with Crippen LogP contribution in [0, 0.1) is 0 Å². The highest BCUT2D eigenvalue weighted by Crippen LogP contribution is 2.10. The van der Waals surface area contributed by atoms with Gasteiger partial charge in [-0.1, -0.05) is 0 Å². The van der Waals surface area contributed by atoms with Gasteiger partial charge in [0.25, 0.3) is 0 Å². The number of carboxylic acids is 1. The lowest BCUT2D eigenvalue weighted by Gasteiger charge is -1.97. The number of H-pyrrole nitrogens is 2. The van der Waals surface area contributed by atoms with Gasteiger partial charge in [-0.05, 0) is 36.4 Å². The Morgan fingerprint density at radius 2 is 1.40 bits per heavy atom. The molecule has 126 valence electrons. The van der Waals surface area contributed by atoms with E-state index in [1.54, 1.807) is 36.7 Å². The van der Waals surface area contributed by atoms with Crippen LogP contribution in [0.1, 0.15) is 21.0 Å². The Hall–Kier alpha value is -3.68. The number of carbonyl (C=O) groups is 2. The molecule has 0 saturated carbocycles. The highest BCUT2D eigenvalue weighted by molar-refractivity contribution is 5.90. The Labute approximate surface area is 141 Å². The minimum Gasteiger partial charge on any atom is -0.477 e. The zero-order chi connectivity index (χ0) is 17.8. The van der Waals surface area contributed by atoms with E-state index in [4.69, 9.17) is 5.11 Å². The monoisotopic (exact) mass is 338 g/mol. The lowest BCUT2D eigenvalue weighted by molar-refractivity contribution is 0.0593. The van der Waals surface area contributed by atoms with Crippen molar-refractivity contribution in [2.45, 2.75) is 0 Å². The molecule has 4 heterocycles. The molecule has 0 radical (unpaired) electrons. The summed E-state index contributed by atoms with van der Waals surface area (Å²) < 4.78 is 4.55. The van der Waals surface area contributed by atoms with Crippen molar-refractivity contribution in [2.75, 3.05) is 7.11 Å². The summed E-state index contributed by atoms with van der Waals surface area (Å²) in [6, 6.07) is 10.1. The molecule has 8 nitrogen and oxygen atoms in total. The molecule has 0 bridgehead atoms. The number of nitrogens with zero attached hydrogens (tertiary/aromatic N) is 2. The average molecular weight is 338 g/mol. The number of aromatic amines is 2. The number of aromatic nitrogens is 4. The maximum atomic E-state index is 11.1. The number of esters is 1. The van der Waals surface area contributed by atoms with Gasteiger partial charge in [-0.25, -0.2) is 19.6 Å². The van der Waals surface area contributed by atoms with E-state index in [1.165, 1.54) is 13.2 Å². The van der Waals surface area contributed by atoms with E-state index in [9.17, 15) is 9.59 Å². The van der Waals surface area contributed by atoms with Crippen molar-refractivity contribution < 1.29 is 19.4 Å². The molecule has 0 aliphatic heterocycles. The first-order chi connectivity index (χ1) is 12.1. The van der Waals surface area contributed by atoms with Gasteiger partial charge in [0.15, 0.2) is 0 Å². The predicted molar refractivity (Wildman–Crippen MR) is 90.5 cm³/mol. The van der Waals surface area contributed by atoms with E-state index in [-0.39, 0.29) is 5.69 Å². The van der Waals surface area contributed by atoms with Gasteiger partial charge in [0, 0.05) is 12.4 Å². The standard InChI is InChI=1S/C9H8N2O2.C8H6N2O2/c1-13-9(12)8-3-2-6-7(11-8)4-5-10-6;11-8(12)7-2-1-5-6(10-7)3-4-9-5/h2-5,10H,1H3;1-4,9H,(H,11,12). The molecule has 0 aliphatic rings. The van der Waals surface area contributed by atoms with Gasteiger partial charge in [-0.2, -0.15) is 0 Å². The van der Waals surface area contributed by atoms with Crippen molar-refractivity contribution >= 4 is 34.0 Å². The number of carbonyl (C=O) groups excluding carboxylic acids is 1. The number of rotatable bonds is 2. The molecule has 4 aromatic rings. The first-order valence-corrected chi connectivity index (χ1v) is 7.28. The highest BCUT2D eigenvalue weighted by atomic mass is 16.5. The number of nitrogens with one attached hydrogen (secondary N) is 2. The number of ether oxygens (including phenoxy) is 1. The fourth-order valence-corrected chi connectivity index (χ4v) is 2.21. The molecule has 0 fully saturated rings. The molecule has 4 aromatic heterocycles. The second-order valence-electron chi connectivity index (χ2n) is 5.01. The van der Waals surface area contributed by atoms with Crippen molar-refractivity contribution in [1.29, 1.82) is 0 Å². The van der Waals surface area contributed by atoms with Gasteiger partial charge in [0.2, 0.25) is 0 Å². The molecule has 25 heavy (non-hydrogen) atoms. The van der Waals surface area contributed by atoms with E-state index < -0.39 is 11.9 Å². The number of aromatic carboxylic acids is 1. The van der Waals surface area contributed by atoms with Gasteiger partial charge in [0.1, 0.15) is 11.4 Å². The summed E-state index contributed by atoms with van der Waals surface area (Å²) in [7, 11) is 1.34.